The molecule has 0 bridgehead atoms. The van der Waals surface area contributed by atoms with Gasteiger partial charge in [-0.15, -0.1) is 0 Å². The first kappa shape index (κ1) is 61.2. The van der Waals surface area contributed by atoms with Crippen molar-refractivity contribution in [3.05, 3.63) is 48.6 Å². The van der Waals surface area contributed by atoms with Crippen molar-refractivity contribution in [1.29, 1.82) is 0 Å². The number of amides is 1. The number of nitrogens with one attached hydrogen (secondary N) is 1. The van der Waals surface area contributed by atoms with Gasteiger partial charge >= 0.3 is 0 Å². The number of ether oxygens (including phenoxy) is 2. The van der Waals surface area contributed by atoms with E-state index in [9.17, 15) is 30.3 Å². The number of rotatable bonds is 46. The maximum absolute atomic E-state index is 13.0. The normalized spacial score (nSPS) is 20.3. The Labute approximate surface area is 399 Å². The van der Waals surface area contributed by atoms with Gasteiger partial charge in [0, 0.05) is 6.42 Å². The molecule has 1 saturated heterocycles. The van der Waals surface area contributed by atoms with Gasteiger partial charge in [-0.2, -0.15) is 0 Å². The molecule has 7 unspecified atom stereocenters. The van der Waals surface area contributed by atoms with Crippen LogP contribution in [-0.2, 0) is 14.3 Å². The largest absolute Gasteiger partial charge is 0.394 e. The van der Waals surface area contributed by atoms with Gasteiger partial charge in [0.1, 0.15) is 24.4 Å². The molecule has 0 aromatic heterocycles. The fraction of sp³-hybridized carbons (Fsp3) is 0.839. The lowest BCUT2D eigenvalue weighted by Crippen LogP contribution is -2.60. The van der Waals surface area contributed by atoms with Crippen molar-refractivity contribution in [2.45, 2.75) is 288 Å². The Morgan fingerprint density at radius 3 is 1.34 bits per heavy atom. The topological polar surface area (TPSA) is 149 Å². The number of allylic oxidation sites excluding steroid dienone is 7. The van der Waals surface area contributed by atoms with Crippen LogP contribution in [0, 0.1) is 0 Å². The zero-order valence-electron chi connectivity index (χ0n) is 42.0. The van der Waals surface area contributed by atoms with Gasteiger partial charge in [-0.1, -0.05) is 229 Å². The van der Waals surface area contributed by atoms with Gasteiger partial charge in [0.2, 0.25) is 5.91 Å². The van der Waals surface area contributed by atoms with Crippen molar-refractivity contribution in [2.24, 2.45) is 0 Å². The molecule has 6 N–H and O–H groups in total. The Morgan fingerprint density at radius 1 is 0.523 bits per heavy atom. The number of hydrogen-bond donors (Lipinski definition) is 6. The molecule has 1 amide bonds. The minimum absolute atomic E-state index is 0.180. The Balaban J connectivity index is 2.25. The van der Waals surface area contributed by atoms with E-state index in [1.165, 1.54) is 173 Å². The molecule has 1 aliphatic heterocycles. The van der Waals surface area contributed by atoms with Crippen LogP contribution in [0.1, 0.15) is 245 Å². The SMILES string of the molecule is CCCCCCC/C=C\C/C=C\C/C=C\CCCCCCCCCCCCC(=O)NC(COC1OC(CO)C(O)C(O)C1O)C(O)/C=C/CCCCCCCCCCCCCCCCC. The molecular formula is C56H103NO8. The van der Waals surface area contributed by atoms with Crippen LogP contribution in [-0.4, -0.2) is 87.5 Å². The van der Waals surface area contributed by atoms with E-state index in [1.807, 2.05) is 6.08 Å². The summed E-state index contributed by atoms with van der Waals surface area (Å²) in [6.45, 7) is 3.78. The molecule has 0 aromatic rings. The molecule has 0 aliphatic carbocycles. The van der Waals surface area contributed by atoms with E-state index in [0.717, 1.165) is 51.4 Å². The van der Waals surface area contributed by atoms with Crippen LogP contribution >= 0.6 is 0 Å². The summed E-state index contributed by atoms with van der Waals surface area (Å²) in [5, 5.41) is 54.4. The summed E-state index contributed by atoms with van der Waals surface area (Å²) < 4.78 is 11.3. The second-order valence-electron chi connectivity index (χ2n) is 19.0. The third-order valence-corrected chi connectivity index (χ3v) is 12.9. The van der Waals surface area contributed by atoms with Crippen LogP contribution in [0.5, 0.6) is 0 Å². The number of aliphatic hydroxyl groups excluding tert-OH is 5. The number of aliphatic hydroxyl groups is 5. The minimum atomic E-state index is -1.57. The second-order valence-corrected chi connectivity index (χ2v) is 19.0. The van der Waals surface area contributed by atoms with Crippen molar-refractivity contribution in [3.8, 4) is 0 Å². The Hall–Kier alpha value is -1.85. The van der Waals surface area contributed by atoms with E-state index in [0.29, 0.717) is 6.42 Å². The van der Waals surface area contributed by atoms with E-state index in [1.54, 1.807) is 6.08 Å². The lowest BCUT2D eigenvalue weighted by atomic mass is 9.99. The quantitative estimate of drug-likeness (QED) is 0.0261. The molecular weight excluding hydrogens is 815 g/mol. The summed E-state index contributed by atoms with van der Waals surface area (Å²) in [5.74, 6) is -0.180. The number of unbranched alkanes of at least 4 members (excludes halogenated alkanes) is 30. The van der Waals surface area contributed by atoms with Crippen molar-refractivity contribution in [3.63, 3.8) is 0 Å². The molecule has 1 heterocycles. The summed E-state index contributed by atoms with van der Waals surface area (Å²) in [4.78, 5) is 13.0. The lowest BCUT2D eigenvalue weighted by Gasteiger charge is -2.40. The van der Waals surface area contributed by atoms with Crippen LogP contribution < -0.4 is 5.32 Å². The fourth-order valence-corrected chi connectivity index (χ4v) is 8.52. The standard InChI is InChI=1S/C56H103NO8/c1-3-5-7-9-11-13-15-17-19-21-22-23-24-25-26-27-28-30-32-34-36-38-40-42-44-46-52(60)57-49(48-64-56-55(63)54(62)53(61)51(47-58)65-56)50(59)45-43-41-39-37-35-33-31-29-20-18-16-14-12-10-8-6-4-2/h15,17,21-22,24-25,43,45,49-51,53-56,58-59,61-63H,3-14,16,18-20,23,26-42,44,46-48H2,1-2H3,(H,57,60)/b17-15-,22-21-,25-24-,45-43+. The summed E-state index contributed by atoms with van der Waals surface area (Å²) >= 11 is 0. The molecule has 0 spiro atoms. The summed E-state index contributed by atoms with van der Waals surface area (Å²) in [5.41, 5.74) is 0. The molecule has 0 saturated carbocycles. The predicted octanol–water partition coefficient (Wildman–Crippen LogP) is 13.0. The van der Waals surface area contributed by atoms with E-state index in [-0.39, 0.29) is 12.5 Å². The zero-order chi connectivity index (χ0) is 47.3. The Bertz CT molecular complexity index is 1160. The van der Waals surface area contributed by atoms with Crippen molar-refractivity contribution < 1.29 is 39.8 Å². The van der Waals surface area contributed by atoms with Gasteiger partial charge in [0.05, 0.1) is 25.4 Å². The molecule has 9 heteroatoms. The molecule has 0 aromatic carbocycles. The van der Waals surface area contributed by atoms with Gasteiger partial charge in [-0.25, -0.2) is 0 Å². The van der Waals surface area contributed by atoms with Crippen molar-refractivity contribution in [1.82, 2.24) is 5.32 Å². The van der Waals surface area contributed by atoms with Crippen molar-refractivity contribution in [2.75, 3.05) is 13.2 Å². The summed E-state index contributed by atoms with van der Waals surface area (Å²) in [7, 11) is 0. The first-order valence-electron chi connectivity index (χ1n) is 27.4. The summed E-state index contributed by atoms with van der Waals surface area (Å²) in [6, 6.07) is -0.808. The van der Waals surface area contributed by atoms with Crippen LogP contribution in [0.15, 0.2) is 48.6 Å². The first-order valence-corrected chi connectivity index (χ1v) is 27.4. The van der Waals surface area contributed by atoms with Gasteiger partial charge in [-0.3, -0.25) is 4.79 Å². The lowest BCUT2D eigenvalue weighted by molar-refractivity contribution is -0.302. The fourth-order valence-electron chi connectivity index (χ4n) is 8.52. The van der Waals surface area contributed by atoms with Gasteiger partial charge in [-0.05, 0) is 57.8 Å². The maximum Gasteiger partial charge on any atom is 0.220 e. The van der Waals surface area contributed by atoms with E-state index < -0.39 is 49.5 Å². The average Bonchev–Trinajstić information content (AvgIpc) is 3.31. The van der Waals surface area contributed by atoms with E-state index in [4.69, 9.17) is 9.47 Å². The molecule has 1 aliphatic rings. The van der Waals surface area contributed by atoms with Crippen LogP contribution in [0.3, 0.4) is 0 Å². The molecule has 1 rings (SSSR count). The molecule has 65 heavy (non-hydrogen) atoms. The number of hydrogen-bond acceptors (Lipinski definition) is 8. The average molecular weight is 918 g/mol. The monoisotopic (exact) mass is 918 g/mol. The molecule has 380 valence electrons. The van der Waals surface area contributed by atoms with Gasteiger partial charge in [0.15, 0.2) is 6.29 Å². The van der Waals surface area contributed by atoms with Crippen LogP contribution in [0.2, 0.25) is 0 Å². The smallest absolute Gasteiger partial charge is 0.220 e. The third-order valence-electron chi connectivity index (χ3n) is 12.9. The zero-order valence-corrected chi connectivity index (χ0v) is 42.0. The highest BCUT2D eigenvalue weighted by atomic mass is 16.7. The number of carbonyl (C=O) groups excluding carboxylic acids is 1. The number of carbonyl (C=O) groups is 1. The maximum atomic E-state index is 13.0. The Morgan fingerprint density at radius 2 is 0.908 bits per heavy atom. The van der Waals surface area contributed by atoms with E-state index >= 15 is 0 Å². The van der Waals surface area contributed by atoms with E-state index in [2.05, 4.69) is 55.6 Å². The van der Waals surface area contributed by atoms with Crippen LogP contribution in [0.4, 0.5) is 0 Å². The molecule has 0 radical (unpaired) electrons. The first-order chi connectivity index (χ1) is 31.8. The van der Waals surface area contributed by atoms with Crippen LogP contribution in [0.25, 0.3) is 0 Å². The molecule has 9 nitrogen and oxygen atoms in total. The van der Waals surface area contributed by atoms with Crippen molar-refractivity contribution >= 4 is 5.91 Å². The summed E-state index contributed by atoms with van der Waals surface area (Å²) in [6.07, 6.45) is 53.0. The predicted molar refractivity (Wildman–Crippen MR) is 272 cm³/mol. The highest BCUT2D eigenvalue weighted by Gasteiger charge is 2.44. The highest BCUT2D eigenvalue weighted by Crippen LogP contribution is 2.23. The minimum Gasteiger partial charge on any atom is -0.394 e. The highest BCUT2D eigenvalue weighted by molar-refractivity contribution is 5.76. The Kier molecular flexibility index (Phi) is 43.2. The molecule has 1 fully saturated rings. The third kappa shape index (κ3) is 35.9. The van der Waals surface area contributed by atoms with Gasteiger partial charge < -0.3 is 40.3 Å². The molecule has 7 atom stereocenters. The second kappa shape index (κ2) is 45.9. The van der Waals surface area contributed by atoms with Gasteiger partial charge in [0.25, 0.3) is 0 Å².